The van der Waals surface area contributed by atoms with Crippen molar-refractivity contribution in [2.45, 2.75) is 6.61 Å². The first-order chi connectivity index (χ1) is 12.8. The SMILES string of the molecule is Brc1ccc(COc2cccc(Nc3ncnc4ncccc34)c2)cc1. The zero-order valence-electron chi connectivity index (χ0n) is 13.8. The Labute approximate surface area is 159 Å². The third-order valence-corrected chi connectivity index (χ3v) is 4.35. The molecule has 0 bridgehead atoms. The number of ether oxygens (including phenoxy) is 1. The van der Waals surface area contributed by atoms with E-state index in [-0.39, 0.29) is 0 Å². The van der Waals surface area contributed by atoms with E-state index in [0.717, 1.165) is 26.9 Å². The summed E-state index contributed by atoms with van der Waals surface area (Å²) in [6, 6.07) is 19.7. The van der Waals surface area contributed by atoms with Gasteiger partial charge in [-0.3, -0.25) is 0 Å². The van der Waals surface area contributed by atoms with Gasteiger partial charge in [0.15, 0.2) is 5.65 Å². The Balaban J connectivity index is 1.51. The van der Waals surface area contributed by atoms with Crippen molar-refractivity contribution in [2.24, 2.45) is 0 Å². The Morgan fingerprint density at radius 2 is 1.81 bits per heavy atom. The molecular weight excluding hydrogens is 392 g/mol. The fourth-order valence-electron chi connectivity index (χ4n) is 2.54. The van der Waals surface area contributed by atoms with Crippen molar-refractivity contribution in [3.8, 4) is 5.75 Å². The molecular formula is C20H15BrN4O. The van der Waals surface area contributed by atoms with E-state index in [2.05, 4.69) is 36.2 Å². The quantitative estimate of drug-likeness (QED) is 0.498. The van der Waals surface area contributed by atoms with Gasteiger partial charge in [0.2, 0.25) is 0 Å². The Bertz CT molecular complexity index is 1030. The first-order valence-electron chi connectivity index (χ1n) is 8.08. The van der Waals surface area contributed by atoms with Gasteiger partial charge in [0.1, 0.15) is 24.5 Å². The Hall–Kier alpha value is -2.99. The molecule has 0 radical (unpaired) electrons. The van der Waals surface area contributed by atoms with Crippen molar-refractivity contribution in [1.29, 1.82) is 0 Å². The summed E-state index contributed by atoms with van der Waals surface area (Å²) in [6.45, 7) is 0.511. The molecule has 0 aliphatic carbocycles. The van der Waals surface area contributed by atoms with Crippen molar-refractivity contribution in [3.63, 3.8) is 0 Å². The lowest BCUT2D eigenvalue weighted by Crippen LogP contribution is -1.98. The van der Waals surface area contributed by atoms with E-state index in [4.69, 9.17) is 4.74 Å². The molecule has 0 aliphatic heterocycles. The van der Waals surface area contributed by atoms with E-state index < -0.39 is 0 Å². The van der Waals surface area contributed by atoms with Crippen LogP contribution < -0.4 is 10.1 Å². The van der Waals surface area contributed by atoms with Gasteiger partial charge >= 0.3 is 0 Å². The number of aromatic nitrogens is 3. The second kappa shape index (κ2) is 7.49. The van der Waals surface area contributed by atoms with Crippen LogP contribution in [0.5, 0.6) is 5.75 Å². The smallest absolute Gasteiger partial charge is 0.164 e. The van der Waals surface area contributed by atoms with E-state index >= 15 is 0 Å². The second-order valence-corrected chi connectivity index (χ2v) is 6.58. The van der Waals surface area contributed by atoms with Gasteiger partial charge in [0.25, 0.3) is 0 Å². The number of anilines is 2. The van der Waals surface area contributed by atoms with Crippen LogP contribution in [0.1, 0.15) is 5.56 Å². The lowest BCUT2D eigenvalue weighted by molar-refractivity contribution is 0.306. The molecule has 1 N–H and O–H groups in total. The number of hydrogen-bond acceptors (Lipinski definition) is 5. The molecule has 0 atom stereocenters. The summed E-state index contributed by atoms with van der Waals surface area (Å²) in [6.07, 6.45) is 3.22. The number of pyridine rings is 1. The molecule has 0 saturated carbocycles. The van der Waals surface area contributed by atoms with Crippen molar-refractivity contribution in [2.75, 3.05) is 5.32 Å². The maximum Gasteiger partial charge on any atom is 0.164 e. The third-order valence-electron chi connectivity index (χ3n) is 3.82. The van der Waals surface area contributed by atoms with Crippen molar-refractivity contribution < 1.29 is 4.74 Å². The van der Waals surface area contributed by atoms with Gasteiger partial charge in [-0.25, -0.2) is 15.0 Å². The Morgan fingerprint density at radius 1 is 0.923 bits per heavy atom. The summed E-state index contributed by atoms with van der Waals surface area (Å²) >= 11 is 3.44. The zero-order chi connectivity index (χ0) is 17.8. The van der Waals surface area contributed by atoms with Crippen molar-refractivity contribution >= 4 is 38.5 Å². The molecule has 2 aromatic heterocycles. The molecule has 0 unspecified atom stereocenters. The fourth-order valence-corrected chi connectivity index (χ4v) is 2.81. The molecule has 0 amide bonds. The van der Waals surface area contributed by atoms with E-state index in [1.165, 1.54) is 6.33 Å². The van der Waals surface area contributed by atoms with Crippen LogP contribution >= 0.6 is 15.9 Å². The first kappa shape index (κ1) is 16.5. The van der Waals surface area contributed by atoms with E-state index in [9.17, 15) is 0 Å². The number of hydrogen-bond donors (Lipinski definition) is 1. The predicted molar refractivity (Wildman–Crippen MR) is 106 cm³/mol. The van der Waals surface area contributed by atoms with E-state index in [0.29, 0.717) is 18.1 Å². The average molecular weight is 407 g/mol. The van der Waals surface area contributed by atoms with E-state index in [1.807, 2.05) is 60.7 Å². The highest BCUT2D eigenvalue weighted by Gasteiger charge is 2.05. The Kier molecular flexibility index (Phi) is 4.75. The summed E-state index contributed by atoms with van der Waals surface area (Å²) < 4.78 is 6.95. The van der Waals surface area contributed by atoms with Crippen molar-refractivity contribution in [3.05, 3.63) is 83.2 Å². The highest BCUT2D eigenvalue weighted by molar-refractivity contribution is 9.10. The van der Waals surface area contributed by atoms with Crippen LogP contribution in [0.15, 0.2) is 77.7 Å². The molecule has 4 aromatic rings. The monoisotopic (exact) mass is 406 g/mol. The highest BCUT2D eigenvalue weighted by atomic mass is 79.9. The van der Waals surface area contributed by atoms with Gasteiger partial charge in [-0.2, -0.15) is 0 Å². The summed E-state index contributed by atoms with van der Waals surface area (Å²) in [4.78, 5) is 12.8. The number of fused-ring (bicyclic) bond motifs is 1. The molecule has 0 fully saturated rings. The van der Waals surface area contributed by atoms with Crippen LogP contribution in [0.4, 0.5) is 11.5 Å². The molecule has 4 rings (SSSR count). The number of halogens is 1. The van der Waals surface area contributed by atoms with Crippen LogP contribution in [0.25, 0.3) is 11.0 Å². The fraction of sp³-hybridized carbons (Fsp3) is 0.0500. The minimum atomic E-state index is 0.511. The van der Waals surface area contributed by atoms with Gasteiger partial charge in [0, 0.05) is 22.4 Å². The number of rotatable bonds is 5. The largest absolute Gasteiger partial charge is 0.489 e. The third kappa shape index (κ3) is 3.81. The van der Waals surface area contributed by atoms with Crippen LogP contribution in [-0.2, 0) is 6.61 Å². The number of benzene rings is 2. The molecule has 6 heteroatoms. The molecule has 128 valence electrons. The van der Waals surface area contributed by atoms with Crippen LogP contribution in [-0.4, -0.2) is 15.0 Å². The molecule has 5 nitrogen and oxygen atoms in total. The lowest BCUT2D eigenvalue weighted by atomic mass is 10.2. The average Bonchev–Trinajstić information content (AvgIpc) is 2.68. The van der Waals surface area contributed by atoms with E-state index in [1.54, 1.807) is 6.20 Å². The number of nitrogens with zero attached hydrogens (tertiary/aromatic N) is 3. The van der Waals surface area contributed by atoms with Crippen molar-refractivity contribution in [1.82, 2.24) is 15.0 Å². The van der Waals surface area contributed by atoms with Gasteiger partial charge in [-0.1, -0.05) is 34.1 Å². The molecule has 2 aromatic carbocycles. The minimum Gasteiger partial charge on any atom is -0.489 e. The van der Waals surface area contributed by atoms with Gasteiger partial charge in [-0.05, 0) is 42.0 Å². The maximum atomic E-state index is 5.90. The topological polar surface area (TPSA) is 59.9 Å². The summed E-state index contributed by atoms with van der Waals surface area (Å²) in [5.41, 5.74) is 2.66. The molecule has 26 heavy (non-hydrogen) atoms. The predicted octanol–water partition coefficient (Wildman–Crippen LogP) is 5.11. The summed E-state index contributed by atoms with van der Waals surface area (Å²) in [7, 11) is 0. The highest BCUT2D eigenvalue weighted by Crippen LogP contribution is 2.25. The molecule has 0 spiro atoms. The standard InChI is InChI=1S/C20H15BrN4O/c21-15-8-6-14(7-9-15)12-26-17-4-1-3-16(11-17)25-20-18-5-2-10-22-19(18)23-13-24-20/h1-11,13H,12H2,(H,22,23,24,25). The van der Waals surface area contributed by atoms with Gasteiger partial charge < -0.3 is 10.1 Å². The van der Waals surface area contributed by atoms with Crippen LogP contribution in [0.3, 0.4) is 0 Å². The molecule has 0 saturated heterocycles. The zero-order valence-corrected chi connectivity index (χ0v) is 15.3. The van der Waals surface area contributed by atoms with Crippen LogP contribution in [0, 0.1) is 0 Å². The number of nitrogens with one attached hydrogen (secondary N) is 1. The van der Waals surface area contributed by atoms with Gasteiger partial charge in [0.05, 0.1) is 5.39 Å². The summed E-state index contributed by atoms with van der Waals surface area (Å²) in [5, 5.41) is 4.19. The molecule has 0 aliphatic rings. The lowest BCUT2D eigenvalue weighted by Gasteiger charge is -2.10. The maximum absolute atomic E-state index is 5.90. The summed E-state index contributed by atoms with van der Waals surface area (Å²) in [5.74, 6) is 1.50. The minimum absolute atomic E-state index is 0.511. The molecule has 2 heterocycles. The second-order valence-electron chi connectivity index (χ2n) is 5.66. The first-order valence-corrected chi connectivity index (χ1v) is 8.87. The van der Waals surface area contributed by atoms with Gasteiger partial charge in [-0.15, -0.1) is 0 Å². The van der Waals surface area contributed by atoms with Crippen LogP contribution in [0.2, 0.25) is 0 Å². The normalized spacial score (nSPS) is 10.7. The Morgan fingerprint density at radius 3 is 2.69 bits per heavy atom.